The van der Waals surface area contributed by atoms with Gasteiger partial charge in [0.25, 0.3) is 0 Å². The SMILES string of the molecule is Cc1ccc(F)c(C)c1C[P+](C)(C1C=CC=CC1)C1C=CC=CC1. The Morgan fingerprint density at radius 1 is 0.958 bits per heavy atom. The van der Waals surface area contributed by atoms with E-state index in [1.54, 1.807) is 6.07 Å². The lowest BCUT2D eigenvalue weighted by Crippen LogP contribution is -2.24. The molecule has 2 atom stereocenters. The highest BCUT2D eigenvalue weighted by Crippen LogP contribution is 2.69. The molecule has 0 radical (unpaired) electrons. The van der Waals surface area contributed by atoms with Gasteiger partial charge in [0, 0.05) is 20.1 Å². The second kappa shape index (κ2) is 7.19. The van der Waals surface area contributed by atoms with E-state index in [4.69, 9.17) is 0 Å². The molecule has 0 saturated carbocycles. The largest absolute Gasteiger partial charge is 0.207 e. The molecule has 2 aliphatic carbocycles. The van der Waals surface area contributed by atoms with Gasteiger partial charge in [-0.1, -0.05) is 42.5 Å². The molecule has 2 aliphatic rings. The Kier molecular flexibility index (Phi) is 5.21. The van der Waals surface area contributed by atoms with Crippen LogP contribution in [0.4, 0.5) is 4.39 Å². The first-order chi connectivity index (χ1) is 11.5. The van der Waals surface area contributed by atoms with Crippen LogP contribution in [0, 0.1) is 19.7 Å². The molecule has 1 aromatic rings. The molecular weight excluding hydrogens is 314 g/mol. The van der Waals surface area contributed by atoms with Gasteiger partial charge in [-0.25, -0.2) is 4.39 Å². The van der Waals surface area contributed by atoms with Crippen molar-refractivity contribution in [3.05, 3.63) is 83.2 Å². The molecule has 0 saturated heterocycles. The highest BCUT2D eigenvalue weighted by atomic mass is 31.2. The fourth-order valence-electron chi connectivity index (χ4n) is 3.94. The Balaban J connectivity index is 2.01. The summed E-state index contributed by atoms with van der Waals surface area (Å²) in [5.74, 6) is -0.0692. The van der Waals surface area contributed by atoms with Gasteiger partial charge < -0.3 is 0 Å². The van der Waals surface area contributed by atoms with E-state index >= 15 is 0 Å². The Bertz CT molecular complexity index is 694. The second-order valence-electron chi connectivity index (χ2n) is 7.21. The molecule has 1 aromatic carbocycles. The highest BCUT2D eigenvalue weighted by Gasteiger charge is 2.46. The summed E-state index contributed by atoms with van der Waals surface area (Å²) in [6.45, 7) is 6.56. The molecule has 126 valence electrons. The maximum atomic E-state index is 14.2. The van der Waals surface area contributed by atoms with Crippen LogP contribution >= 0.6 is 7.26 Å². The zero-order chi connectivity index (χ0) is 17.2. The van der Waals surface area contributed by atoms with Crippen LogP contribution in [0.3, 0.4) is 0 Å². The van der Waals surface area contributed by atoms with Crippen molar-refractivity contribution in [1.29, 1.82) is 0 Å². The average molecular weight is 341 g/mol. The fourth-order valence-corrected chi connectivity index (χ4v) is 8.26. The van der Waals surface area contributed by atoms with Crippen molar-refractivity contribution < 1.29 is 4.39 Å². The van der Waals surface area contributed by atoms with Crippen molar-refractivity contribution in [2.24, 2.45) is 0 Å². The minimum absolute atomic E-state index is 0.0692. The van der Waals surface area contributed by atoms with Gasteiger partial charge in [0.15, 0.2) is 0 Å². The normalized spacial score (nSPS) is 25.0. The first kappa shape index (κ1) is 17.4. The Morgan fingerprint density at radius 3 is 2.04 bits per heavy atom. The molecule has 0 aliphatic heterocycles. The Morgan fingerprint density at radius 2 is 1.54 bits per heavy atom. The summed E-state index contributed by atoms with van der Waals surface area (Å²) in [6.07, 6.45) is 21.3. The lowest BCUT2D eigenvalue weighted by atomic mass is 10.0. The third kappa shape index (κ3) is 3.33. The van der Waals surface area contributed by atoms with E-state index in [1.165, 1.54) is 11.1 Å². The molecule has 0 aromatic heterocycles. The van der Waals surface area contributed by atoms with E-state index in [0.29, 0.717) is 11.3 Å². The molecule has 2 heteroatoms. The molecule has 24 heavy (non-hydrogen) atoms. The van der Waals surface area contributed by atoms with Gasteiger partial charge in [0.05, 0.1) is 24.1 Å². The quantitative estimate of drug-likeness (QED) is 0.559. The fraction of sp³-hybridized carbons (Fsp3) is 0.364. The number of allylic oxidation sites excluding steroid dienone is 8. The lowest BCUT2D eigenvalue weighted by molar-refractivity contribution is 0.616. The summed E-state index contributed by atoms with van der Waals surface area (Å²) >= 11 is 0. The number of hydrogen-bond acceptors (Lipinski definition) is 0. The van der Waals surface area contributed by atoms with Gasteiger partial charge in [0.2, 0.25) is 0 Å². The van der Waals surface area contributed by atoms with Gasteiger partial charge in [-0.05, 0) is 48.8 Å². The van der Waals surface area contributed by atoms with Gasteiger partial charge >= 0.3 is 0 Å². The van der Waals surface area contributed by atoms with Crippen LogP contribution in [0.25, 0.3) is 0 Å². The molecular formula is C22H27FP+. The first-order valence-corrected chi connectivity index (χ1v) is 11.3. The number of halogens is 1. The van der Waals surface area contributed by atoms with Crippen LogP contribution in [-0.4, -0.2) is 18.0 Å². The van der Waals surface area contributed by atoms with E-state index in [0.717, 1.165) is 24.6 Å². The van der Waals surface area contributed by atoms with E-state index in [-0.39, 0.29) is 5.82 Å². The predicted molar refractivity (Wildman–Crippen MR) is 106 cm³/mol. The van der Waals surface area contributed by atoms with Gasteiger partial charge in [-0.15, -0.1) is 0 Å². The Hall–Kier alpha value is -1.46. The summed E-state index contributed by atoms with van der Waals surface area (Å²) in [6, 6.07) is 3.55. The molecule has 3 rings (SSSR count). The topological polar surface area (TPSA) is 0 Å². The molecule has 0 heterocycles. The minimum atomic E-state index is -1.36. The zero-order valence-electron chi connectivity index (χ0n) is 14.9. The van der Waals surface area contributed by atoms with E-state index in [2.05, 4.69) is 62.2 Å². The van der Waals surface area contributed by atoms with Crippen LogP contribution in [0.2, 0.25) is 0 Å². The van der Waals surface area contributed by atoms with Gasteiger partial charge in [-0.3, -0.25) is 0 Å². The summed E-state index contributed by atoms with van der Waals surface area (Å²) in [5.41, 5.74) is 4.48. The van der Waals surface area contributed by atoms with E-state index in [9.17, 15) is 4.39 Å². The molecule has 0 fully saturated rings. The van der Waals surface area contributed by atoms with Crippen molar-refractivity contribution >= 4 is 7.26 Å². The number of aryl methyl sites for hydroxylation is 1. The van der Waals surface area contributed by atoms with Crippen molar-refractivity contribution in [1.82, 2.24) is 0 Å². The number of benzene rings is 1. The van der Waals surface area contributed by atoms with Crippen LogP contribution in [-0.2, 0) is 6.16 Å². The number of rotatable bonds is 4. The summed E-state index contributed by atoms with van der Waals surface area (Å²) in [5, 5.41) is 0. The minimum Gasteiger partial charge on any atom is -0.207 e. The molecule has 0 nitrogen and oxygen atoms in total. The Labute approximate surface area is 146 Å². The number of hydrogen-bond donors (Lipinski definition) is 0. The van der Waals surface area contributed by atoms with E-state index < -0.39 is 7.26 Å². The summed E-state index contributed by atoms with van der Waals surface area (Å²) in [7, 11) is -1.36. The molecule has 0 N–H and O–H groups in total. The summed E-state index contributed by atoms with van der Waals surface area (Å²) in [4.78, 5) is 0. The van der Waals surface area contributed by atoms with Crippen LogP contribution in [0.15, 0.2) is 60.7 Å². The standard InChI is InChI=1S/C22H27FP/c1-17-14-15-22(23)18(2)21(17)16-24(3,19-10-6-4-7-11-19)20-12-8-5-9-13-20/h4-10,12,14-15,19-20H,11,13,16H2,1-3H3/q+1. The van der Waals surface area contributed by atoms with Crippen molar-refractivity contribution in [3.63, 3.8) is 0 Å². The van der Waals surface area contributed by atoms with Crippen molar-refractivity contribution in [3.8, 4) is 0 Å². The van der Waals surface area contributed by atoms with Crippen LogP contribution in [0.1, 0.15) is 29.5 Å². The molecule has 0 amide bonds. The molecule has 2 unspecified atom stereocenters. The van der Waals surface area contributed by atoms with Gasteiger partial charge in [0.1, 0.15) is 5.82 Å². The van der Waals surface area contributed by atoms with E-state index in [1.807, 2.05) is 13.0 Å². The average Bonchev–Trinajstić information content (AvgIpc) is 2.63. The monoisotopic (exact) mass is 341 g/mol. The molecule has 0 spiro atoms. The first-order valence-electron chi connectivity index (χ1n) is 8.78. The third-order valence-corrected chi connectivity index (χ3v) is 10.5. The maximum absolute atomic E-state index is 14.2. The smallest absolute Gasteiger partial charge is 0.126 e. The zero-order valence-corrected chi connectivity index (χ0v) is 15.8. The maximum Gasteiger partial charge on any atom is 0.126 e. The van der Waals surface area contributed by atoms with Crippen molar-refractivity contribution in [2.45, 2.75) is 44.2 Å². The van der Waals surface area contributed by atoms with Crippen LogP contribution in [0.5, 0.6) is 0 Å². The third-order valence-electron chi connectivity index (χ3n) is 5.70. The van der Waals surface area contributed by atoms with Crippen molar-refractivity contribution in [2.75, 3.05) is 6.66 Å². The predicted octanol–water partition coefficient (Wildman–Crippen LogP) is 6.36. The summed E-state index contributed by atoms with van der Waals surface area (Å²) < 4.78 is 14.2. The van der Waals surface area contributed by atoms with Gasteiger partial charge in [-0.2, -0.15) is 0 Å². The second-order valence-corrected chi connectivity index (χ2v) is 11.5. The lowest BCUT2D eigenvalue weighted by Gasteiger charge is -2.37. The highest BCUT2D eigenvalue weighted by molar-refractivity contribution is 7.76. The van der Waals surface area contributed by atoms with Crippen LogP contribution < -0.4 is 0 Å². The molecule has 0 bridgehead atoms.